The first-order chi connectivity index (χ1) is 9.79. The number of hydrogen-bond donors (Lipinski definition) is 2. The first-order valence-electron chi connectivity index (χ1n) is 7.39. The monoisotopic (exact) mass is 295 g/mol. The largest absolute Gasteiger partial charge is 0.383 e. The van der Waals surface area contributed by atoms with Gasteiger partial charge in [0.05, 0.1) is 19.2 Å². The molecule has 0 aromatic carbocycles. The van der Waals surface area contributed by atoms with E-state index >= 15 is 0 Å². The molecular weight excluding hydrogens is 270 g/mol. The summed E-state index contributed by atoms with van der Waals surface area (Å²) in [5.41, 5.74) is 0. The lowest BCUT2D eigenvalue weighted by Crippen LogP contribution is -2.43. The first-order valence-corrected chi connectivity index (χ1v) is 8.27. The number of hydrogen-bond acceptors (Lipinski definition) is 3. The zero-order valence-electron chi connectivity index (χ0n) is 12.4. The van der Waals surface area contributed by atoms with E-state index in [1.54, 1.807) is 18.4 Å². The van der Waals surface area contributed by atoms with E-state index in [1.807, 2.05) is 0 Å². The molecule has 0 aliphatic heterocycles. The van der Waals surface area contributed by atoms with Gasteiger partial charge in [-0.05, 0) is 31.2 Å². The Balaban J connectivity index is 1.92. The van der Waals surface area contributed by atoms with Crippen molar-refractivity contribution in [2.75, 3.05) is 20.3 Å². The highest BCUT2D eigenvalue weighted by atomic mass is 32.1. The van der Waals surface area contributed by atoms with E-state index in [-0.39, 0.29) is 6.04 Å². The molecular formula is C15H25N3OS. The van der Waals surface area contributed by atoms with Crippen molar-refractivity contribution in [3.05, 3.63) is 22.4 Å². The van der Waals surface area contributed by atoms with Gasteiger partial charge in [0, 0.05) is 18.0 Å². The lowest BCUT2D eigenvalue weighted by atomic mass is 10.2. The highest BCUT2D eigenvalue weighted by Crippen LogP contribution is 2.19. The molecule has 1 unspecified atom stereocenters. The molecule has 2 rings (SSSR count). The second-order valence-corrected chi connectivity index (χ2v) is 6.21. The summed E-state index contributed by atoms with van der Waals surface area (Å²) in [6.45, 7) is 3.52. The number of methoxy groups -OCH3 is 1. The maximum absolute atomic E-state index is 5.08. The number of nitrogens with zero attached hydrogens (tertiary/aromatic N) is 1. The number of nitrogens with one attached hydrogen (secondary N) is 2. The third-order valence-electron chi connectivity index (χ3n) is 3.58. The maximum atomic E-state index is 5.08. The second kappa shape index (κ2) is 8.27. The molecule has 1 aromatic heterocycles. The number of ether oxygens (including phenoxy) is 1. The molecule has 1 heterocycles. The van der Waals surface area contributed by atoms with Gasteiger partial charge in [0.15, 0.2) is 5.96 Å². The van der Waals surface area contributed by atoms with Crippen LogP contribution < -0.4 is 10.6 Å². The Morgan fingerprint density at radius 3 is 2.95 bits per heavy atom. The molecule has 4 nitrogen and oxygen atoms in total. The van der Waals surface area contributed by atoms with E-state index in [2.05, 4.69) is 40.1 Å². The van der Waals surface area contributed by atoms with Gasteiger partial charge in [-0.3, -0.25) is 4.99 Å². The quantitative estimate of drug-likeness (QED) is 0.482. The molecule has 5 heteroatoms. The van der Waals surface area contributed by atoms with Gasteiger partial charge in [0.25, 0.3) is 0 Å². The normalized spacial score (nSPS) is 18.2. The van der Waals surface area contributed by atoms with Gasteiger partial charge in [-0.1, -0.05) is 18.9 Å². The number of rotatable bonds is 6. The molecule has 1 fully saturated rings. The van der Waals surface area contributed by atoms with Gasteiger partial charge in [-0.2, -0.15) is 0 Å². The fraction of sp³-hybridized carbons (Fsp3) is 0.667. The molecule has 1 aliphatic carbocycles. The van der Waals surface area contributed by atoms with E-state index in [9.17, 15) is 0 Å². The standard InChI is InChI=1S/C15H25N3OS/c1-12(14-8-5-11-20-14)17-15(16-9-10-19-2)18-13-6-3-4-7-13/h5,8,11-13H,3-4,6-7,9-10H2,1-2H3,(H2,16,17,18). The van der Waals surface area contributed by atoms with Crippen LogP contribution in [0.1, 0.15) is 43.5 Å². The van der Waals surface area contributed by atoms with Gasteiger partial charge in [0.2, 0.25) is 0 Å². The third-order valence-corrected chi connectivity index (χ3v) is 4.64. The minimum Gasteiger partial charge on any atom is -0.383 e. The SMILES string of the molecule is COCCN=C(NC1CCCC1)NC(C)c1cccs1. The molecule has 20 heavy (non-hydrogen) atoms. The van der Waals surface area contributed by atoms with Crippen molar-refractivity contribution in [3.63, 3.8) is 0 Å². The summed E-state index contributed by atoms with van der Waals surface area (Å²) < 4.78 is 5.08. The van der Waals surface area contributed by atoms with Crippen LogP contribution in [0.25, 0.3) is 0 Å². The molecule has 1 saturated carbocycles. The van der Waals surface area contributed by atoms with Crippen LogP contribution in [0.15, 0.2) is 22.5 Å². The first kappa shape index (κ1) is 15.3. The lowest BCUT2D eigenvalue weighted by molar-refractivity contribution is 0.207. The van der Waals surface area contributed by atoms with Crippen molar-refractivity contribution in [1.29, 1.82) is 0 Å². The van der Waals surface area contributed by atoms with Crippen LogP contribution in [-0.4, -0.2) is 32.3 Å². The smallest absolute Gasteiger partial charge is 0.192 e. The van der Waals surface area contributed by atoms with Crippen molar-refractivity contribution >= 4 is 17.3 Å². The van der Waals surface area contributed by atoms with Crippen molar-refractivity contribution in [1.82, 2.24) is 10.6 Å². The summed E-state index contributed by atoms with van der Waals surface area (Å²) in [5.74, 6) is 0.912. The Morgan fingerprint density at radius 2 is 2.30 bits per heavy atom. The Labute approximate surface area is 125 Å². The van der Waals surface area contributed by atoms with Gasteiger partial charge in [-0.15, -0.1) is 11.3 Å². The van der Waals surface area contributed by atoms with E-state index < -0.39 is 0 Å². The van der Waals surface area contributed by atoms with Crippen molar-refractivity contribution in [2.45, 2.75) is 44.7 Å². The minimum absolute atomic E-state index is 0.283. The zero-order chi connectivity index (χ0) is 14.2. The highest BCUT2D eigenvalue weighted by molar-refractivity contribution is 7.10. The predicted molar refractivity (Wildman–Crippen MR) is 85.4 cm³/mol. The Kier molecular flexibility index (Phi) is 6.33. The molecule has 2 N–H and O–H groups in total. The fourth-order valence-electron chi connectivity index (χ4n) is 2.46. The number of aliphatic imine (C=N–C) groups is 1. The van der Waals surface area contributed by atoms with E-state index in [0.29, 0.717) is 19.2 Å². The highest BCUT2D eigenvalue weighted by Gasteiger charge is 2.17. The van der Waals surface area contributed by atoms with E-state index in [0.717, 1.165) is 5.96 Å². The maximum Gasteiger partial charge on any atom is 0.192 e. The lowest BCUT2D eigenvalue weighted by Gasteiger charge is -2.20. The average Bonchev–Trinajstić information content (AvgIpc) is 3.12. The predicted octanol–water partition coefficient (Wildman–Crippen LogP) is 2.93. The molecule has 0 radical (unpaired) electrons. The van der Waals surface area contributed by atoms with Crippen molar-refractivity contribution in [2.24, 2.45) is 4.99 Å². The van der Waals surface area contributed by atoms with Crippen LogP contribution in [0.4, 0.5) is 0 Å². The summed E-state index contributed by atoms with van der Waals surface area (Å²) >= 11 is 1.77. The minimum atomic E-state index is 0.283. The summed E-state index contributed by atoms with van der Waals surface area (Å²) in [6, 6.07) is 5.10. The van der Waals surface area contributed by atoms with Gasteiger partial charge in [0.1, 0.15) is 0 Å². The van der Waals surface area contributed by atoms with Crippen LogP contribution in [0.5, 0.6) is 0 Å². The summed E-state index contributed by atoms with van der Waals surface area (Å²) in [5, 5.41) is 9.17. The Hall–Kier alpha value is -1.07. The molecule has 1 aromatic rings. The van der Waals surface area contributed by atoms with Crippen LogP contribution in [0.3, 0.4) is 0 Å². The Bertz CT molecular complexity index is 399. The van der Waals surface area contributed by atoms with Crippen molar-refractivity contribution < 1.29 is 4.74 Å². The molecule has 0 spiro atoms. The fourth-order valence-corrected chi connectivity index (χ4v) is 3.19. The van der Waals surface area contributed by atoms with Crippen LogP contribution >= 0.6 is 11.3 Å². The van der Waals surface area contributed by atoms with Gasteiger partial charge < -0.3 is 15.4 Å². The number of guanidine groups is 1. The summed E-state index contributed by atoms with van der Waals surface area (Å²) in [6.07, 6.45) is 5.14. The zero-order valence-corrected chi connectivity index (χ0v) is 13.2. The molecule has 112 valence electrons. The van der Waals surface area contributed by atoms with Crippen LogP contribution in [-0.2, 0) is 4.74 Å². The molecule has 0 amide bonds. The second-order valence-electron chi connectivity index (χ2n) is 5.23. The van der Waals surface area contributed by atoms with Crippen LogP contribution in [0, 0.1) is 0 Å². The van der Waals surface area contributed by atoms with E-state index in [4.69, 9.17) is 4.74 Å². The topological polar surface area (TPSA) is 45.6 Å². The van der Waals surface area contributed by atoms with Crippen molar-refractivity contribution in [3.8, 4) is 0 Å². The molecule has 0 saturated heterocycles. The third kappa shape index (κ3) is 4.80. The average molecular weight is 295 g/mol. The molecule has 1 atom stereocenters. The van der Waals surface area contributed by atoms with Crippen LogP contribution in [0.2, 0.25) is 0 Å². The summed E-state index contributed by atoms with van der Waals surface area (Å²) in [4.78, 5) is 5.93. The van der Waals surface area contributed by atoms with E-state index in [1.165, 1.54) is 30.6 Å². The molecule has 1 aliphatic rings. The molecule has 0 bridgehead atoms. The van der Waals surface area contributed by atoms with Gasteiger partial charge in [-0.25, -0.2) is 0 Å². The van der Waals surface area contributed by atoms with Gasteiger partial charge >= 0.3 is 0 Å². The summed E-state index contributed by atoms with van der Waals surface area (Å²) in [7, 11) is 1.71. The number of thiophene rings is 1. The Morgan fingerprint density at radius 1 is 1.50 bits per heavy atom.